The Hall–Kier alpha value is -1.90. The summed E-state index contributed by atoms with van der Waals surface area (Å²) < 4.78 is 50.0. The SMILES string of the molecule is CS(=O)(=O)c1nnnn1-c1c(F)cccc1F. The molecule has 2 rings (SSSR count). The van der Waals surface area contributed by atoms with Gasteiger partial charge in [0.2, 0.25) is 9.84 Å². The molecule has 17 heavy (non-hydrogen) atoms. The molecular formula is C8H6F2N4O2S. The van der Waals surface area contributed by atoms with Gasteiger partial charge in [-0.15, -0.1) is 0 Å². The van der Waals surface area contributed by atoms with E-state index < -0.39 is 32.3 Å². The lowest BCUT2D eigenvalue weighted by Crippen LogP contribution is -2.11. The first-order chi connectivity index (χ1) is 7.91. The van der Waals surface area contributed by atoms with Crippen molar-refractivity contribution in [1.82, 2.24) is 20.2 Å². The van der Waals surface area contributed by atoms with E-state index in [1.165, 1.54) is 0 Å². The normalized spacial score (nSPS) is 11.7. The minimum absolute atomic E-state index is 0.514. The van der Waals surface area contributed by atoms with Crippen LogP contribution in [0.1, 0.15) is 0 Å². The molecule has 0 bridgehead atoms. The number of nitrogens with zero attached hydrogens (tertiary/aromatic N) is 4. The summed E-state index contributed by atoms with van der Waals surface area (Å²) in [4.78, 5) is 0. The third-order valence-electron chi connectivity index (χ3n) is 1.92. The van der Waals surface area contributed by atoms with Gasteiger partial charge in [-0.2, -0.15) is 4.68 Å². The molecule has 0 aliphatic heterocycles. The summed E-state index contributed by atoms with van der Waals surface area (Å²) in [7, 11) is -3.78. The first-order valence-corrected chi connectivity index (χ1v) is 6.23. The van der Waals surface area contributed by atoms with Crippen LogP contribution in [-0.2, 0) is 9.84 Å². The van der Waals surface area contributed by atoms with Gasteiger partial charge in [0.05, 0.1) is 0 Å². The molecule has 0 unspecified atom stereocenters. The van der Waals surface area contributed by atoms with Crippen LogP contribution in [0, 0.1) is 11.6 Å². The predicted molar refractivity (Wildman–Crippen MR) is 52.2 cm³/mol. The molecular weight excluding hydrogens is 254 g/mol. The Bertz CT molecular complexity index is 648. The molecule has 0 aliphatic rings. The van der Waals surface area contributed by atoms with E-state index in [2.05, 4.69) is 15.5 Å². The Morgan fingerprint density at radius 3 is 2.35 bits per heavy atom. The van der Waals surface area contributed by atoms with Crippen LogP contribution in [0.25, 0.3) is 5.69 Å². The number of para-hydroxylation sites is 1. The lowest BCUT2D eigenvalue weighted by Gasteiger charge is -2.05. The van der Waals surface area contributed by atoms with E-state index in [0.717, 1.165) is 24.5 Å². The Morgan fingerprint density at radius 1 is 1.24 bits per heavy atom. The van der Waals surface area contributed by atoms with Crippen LogP contribution >= 0.6 is 0 Å². The van der Waals surface area contributed by atoms with E-state index in [1.807, 2.05) is 0 Å². The molecule has 1 aromatic carbocycles. The van der Waals surface area contributed by atoms with Gasteiger partial charge < -0.3 is 0 Å². The van der Waals surface area contributed by atoms with Gasteiger partial charge in [0.25, 0.3) is 5.16 Å². The van der Waals surface area contributed by atoms with Crippen molar-refractivity contribution in [2.24, 2.45) is 0 Å². The highest BCUT2D eigenvalue weighted by Gasteiger charge is 2.22. The van der Waals surface area contributed by atoms with Crippen LogP contribution in [0.5, 0.6) is 0 Å². The Morgan fingerprint density at radius 2 is 1.82 bits per heavy atom. The number of halogens is 2. The number of tetrazole rings is 1. The number of sulfone groups is 1. The zero-order valence-electron chi connectivity index (χ0n) is 8.50. The summed E-state index contributed by atoms with van der Waals surface area (Å²) in [5.41, 5.74) is -0.627. The molecule has 0 radical (unpaired) electrons. The van der Waals surface area contributed by atoms with Crippen molar-refractivity contribution in [2.45, 2.75) is 5.16 Å². The summed E-state index contributed by atoms with van der Waals surface area (Å²) in [6, 6.07) is 3.11. The fraction of sp³-hybridized carbons (Fsp3) is 0.125. The standard InChI is InChI=1S/C8H6F2N4O2S/c1-17(15,16)8-11-12-13-14(8)7-5(9)3-2-4-6(7)10/h2-4H,1H3. The quantitative estimate of drug-likeness (QED) is 0.778. The molecule has 9 heteroatoms. The Balaban J connectivity index is 2.75. The molecule has 0 saturated carbocycles. The van der Waals surface area contributed by atoms with Crippen molar-refractivity contribution >= 4 is 9.84 Å². The highest BCUT2D eigenvalue weighted by atomic mass is 32.2. The highest BCUT2D eigenvalue weighted by Crippen LogP contribution is 2.18. The molecule has 0 N–H and O–H groups in total. The predicted octanol–water partition coefficient (Wildman–Crippen LogP) is 0.344. The second-order valence-corrected chi connectivity index (χ2v) is 5.13. The minimum Gasteiger partial charge on any atom is -0.221 e. The van der Waals surface area contributed by atoms with Crippen LogP contribution in [-0.4, -0.2) is 34.9 Å². The van der Waals surface area contributed by atoms with Crippen LogP contribution in [0.3, 0.4) is 0 Å². The third-order valence-corrected chi connectivity index (χ3v) is 2.84. The number of aromatic nitrogens is 4. The molecule has 0 amide bonds. The second kappa shape index (κ2) is 3.84. The number of rotatable bonds is 2. The van der Waals surface area contributed by atoms with Gasteiger partial charge in [-0.1, -0.05) is 11.2 Å². The van der Waals surface area contributed by atoms with E-state index in [9.17, 15) is 17.2 Å². The monoisotopic (exact) mass is 260 g/mol. The van der Waals surface area contributed by atoms with Crippen molar-refractivity contribution in [3.8, 4) is 5.69 Å². The van der Waals surface area contributed by atoms with Gasteiger partial charge >= 0.3 is 0 Å². The third kappa shape index (κ3) is 2.00. The van der Waals surface area contributed by atoms with E-state index in [-0.39, 0.29) is 0 Å². The molecule has 90 valence electrons. The molecule has 0 saturated heterocycles. The van der Waals surface area contributed by atoms with Gasteiger partial charge in [0, 0.05) is 6.26 Å². The molecule has 1 heterocycles. The lowest BCUT2D eigenvalue weighted by molar-refractivity contribution is 0.540. The van der Waals surface area contributed by atoms with Gasteiger partial charge in [-0.05, 0) is 22.6 Å². The Kier molecular flexibility index (Phi) is 2.62. The van der Waals surface area contributed by atoms with Gasteiger partial charge in [0.15, 0.2) is 11.6 Å². The number of benzene rings is 1. The van der Waals surface area contributed by atoms with Crippen molar-refractivity contribution < 1.29 is 17.2 Å². The van der Waals surface area contributed by atoms with Crippen molar-refractivity contribution in [1.29, 1.82) is 0 Å². The summed E-state index contributed by atoms with van der Waals surface area (Å²) in [6.45, 7) is 0. The number of hydrogen-bond donors (Lipinski definition) is 0. The van der Waals surface area contributed by atoms with Crippen LogP contribution in [0.2, 0.25) is 0 Å². The van der Waals surface area contributed by atoms with E-state index in [1.54, 1.807) is 0 Å². The van der Waals surface area contributed by atoms with E-state index in [4.69, 9.17) is 0 Å². The fourth-order valence-corrected chi connectivity index (χ4v) is 1.87. The molecule has 1 aromatic heterocycles. The zero-order valence-corrected chi connectivity index (χ0v) is 9.32. The lowest BCUT2D eigenvalue weighted by atomic mass is 10.3. The molecule has 0 spiro atoms. The largest absolute Gasteiger partial charge is 0.272 e. The smallest absolute Gasteiger partial charge is 0.221 e. The summed E-state index contributed by atoms with van der Waals surface area (Å²) in [6.07, 6.45) is 0.841. The van der Waals surface area contributed by atoms with Crippen molar-refractivity contribution in [2.75, 3.05) is 6.26 Å². The number of hydrogen-bond acceptors (Lipinski definition) is 5. The first-order valence-electron chi connectivity index (χ1n) is 4.34. The summed E-state index contributed by atoms with van der Waals surface area (Å²) >= 11 is 0. The van der Waals surface area contributed by atoms with Crippen LogP contribution in [0.15, 0.2) is 23.4 Å². The van der Waals surface area contributed by atoms with E-state index in [0.29, 0.717) is 4.68 Å². The van der Waals surface area contributed by atoms with Crippen LogP contribution in [0.4, 0.5) is 8.78 Å². The maximum Gasteiger partial charge on any atom is 0.272 e. The summed E-state index contributed by atoms with van der Waals surface area (Å²) in [5, 5.41) is 8.97. The average molecular weight is 260 g/mol. The van der Waals surface area contributed by atoms with Gasteiger partial charge in [-0.3, -0.25) is 0 Å². The molecule has 0 atom stereocenters. The fourth-order valence-electron chi connectivity index (χ4n) is 1.24. The zero-order chi connectivity index (χ0) is 12.6. The Labute approximate surface area is 94.8 Å². The van der Waals surface area contributed by atoms with Crippen molar-refractivity contribution in [3.63, 3.8) is 0 Å². The van der Waals surface area contributed by atoms with Gasteiger partial charge in [-0.25, -0.2) is 17.2 Å². The molecule has 2 aromatic rings. The maximum atomic E-state index is 13.4. The molecule has 6 nitrogen and oxygen atoms in total. The topological polar surface area (TPSA) is 77.7 Å². The second-order valence-electron chi connectivity index (χ2n) is 3.22. The molecule has 0 aliphatic carbocycles. The highest BCUT2D eigenvalue weighted by molar-refractivity contribution is 7.90. The van der Waals surface area contributed by atoms with E-state index >= 15 is 0 Å². The minimum atomic E-state index is -3.78. The van der Waals surface area contributed by atoms with Crippen molar-refractivity contribution in [3.05, 3.63) is 29.8 Å². The summed E-state index contributed by atoms with van der Waals surface area (Å²) in [5.74, 6) is -1.91. The average Bonchev–Trinajstić information content (AvgIpc) is 2.65. The first kappa shape index (κ1) is 11.6. The molecule has 0 fully saturated rings. The van der Waals surface area contributed by atoms with Crippen LogP contribution < -0.4 is 0 Å². The van der Waals surface area contributed by atoms with Gasteiger partial charge in [0.1, 0.15) is 5.69 Å². The maximum absolute atomic E-state index is 13.4.